The van der Waals surface area contributed by atoms with Crippen LogP contribution >= 0.6 is 0 Å². The van der Waals surface area contributed by atoms with Gasteiger partial charge in [0.2, 0.25) is 5.91 Å². The highest BCUT2D eigenvalue weighted by Crippen LogP contribution is 2.28. The third kappa shape index (κ3) is 8.84. The van der Waals surface area contributed by atoms with E-state index < -0.39 is 12.1 Å². The van der Waals surface area contributed by atoms with Crippen LogP contribution in [-0.2, 0) is 11.2 Å². The average molecular weight is 524 g/mol. The lowest BCUT2D eigenvalue weighted by Crippen LogP contribution is -2.50. The van der Waals surface area contributed by atoms with Crippen molar-refractivity contribution in [1.82, 2.24) is 10.6 Å². The van der Waals surface area contributed by atoms with Crippen molar-refractivity contribution in [2.45, 2.75) is 90.3 Å². The Bertz CT molecular complexity index is 1010. The van der Waals surface area contributed by atoms with Gasteiger partial charge in [-0.05, 0) is 49.8 Å². The molecule has 2 aromatic rings. The molecule has 0 radical (unpaired) electrons. The van der Waals surface area contributed by atoms with E-state index in [-0.39, 0.29) is 11.8 Å². The van der Waals surface area contributed by atoms with Gasteiger partial charge in [0.1, 0.15) is 5.75 Å². The summed E-state index contributed by atoms with van der Waals surface area (Å²) in [6, 6.07) is 15.0. The van der Waals surface area contributed by atoms with E-state index in [4.69, 9.17) is 4.74 Å². The molecular formula is C31H45N3O4. The molecule has 2 amide bonds. The SMILES string of the molecule is CCCCCOc1cc(C(=O)N[C@@H](Cc2ccccc2)[C@@H](O)CNC(CC)CC)cc(N2CCCC2=O)c1. The molecule has 1 aliphatic rings. The fourth-order valence-corrected chi connectivity index (χ4v) is 4.83. The maximum atomic E-state index is 13.6. The van der Waals surface area contributed by atoms with Crippen LogP contribution in [0, 0.1) is 0 Å². The summed E-state index contributed by atoms with van der Waals surface area (Å²) < 4.78 is 5.99. The summed E-state index contributed by atoms with van der Waals surface area (Å²) in [5.74, 6) is 0.350. The number of rotatable bonds is 16. The fraction of sp³-hybridized carbons (Fsp3) is 0.548. The summed E-state index contributed by atoms with van der Waals surface area (Å²) in [6.07, 6.45) is 6.09. The van der Waals surface area contributed by atoms with Crippen LogP contribution in [0.5, 0.6) is 5.75 Å². The van der Waals surface area contributed by atoms with Gasteiger partial charge in [0.15, 0.2) is 0 Å². The van der Waals surface area contributed by atoms with E-state index in [9.17, 15) is 14.7 Å². The van der Waals surface area contributed by atoms with Gasteiger partial charge >= 0.3 is 0 Å². The molecule has 1 heterocycles. The van der Waals surface area contributed by atoms with Crippen LogP contribution in [0.4, 0.5) is 5.69 Å². The van der Waals surface area contributed by atoms with E-state index in [1.54, 1.807) is 17.0 Å². The van der Waals surface area contributed by atoms with Gasteiger partial charge in [-0.15, -0.1) is 0 Å². The van der Waals surface area contributed by atoms with E-state index >= 15 is 0 Å². The van der Waals surface area contributed by atoms with Crippen molar-refractivity contribution in [3.8, 4) is 5.75 Å². The number of unbranched alkanes of at least 4 members (excludes halogenated alkanes) is 2. The van der Waals surface area contributed by atoms with Crippen molar-refractivity contribution in [2.24, 2.45) is 0 Å². The monoisotopic (exact) mass is 523 g/mol. The summed E-state index contributed by atoms with van der Waals surface area (Å²) in [6.45, 7) is 7.97. The summed E-state index contributed by atoms with van der Waals surface area (Å²) in [5, 5.41) is 17.6. The molecule has 208 valence electrons. The predicted molar refractivity (Wildman–Crippen MR) is 153 cm³/mol. The molecule has 0 bridgehead atoms. The topological polar surface area (TPSA) is 90.9 Å². The Morgan fingerprint density at radius 2 is 1.84 bits per heavy atom. The molecule has 3 N–H and O–H groups in total. The second-order valence-corrected chi connectivity index (χ2v) is 10.2. The first-order valence-electron chi connectivity index (χ1n) is 14.3. The second kappa shape index (κ2) is 15.5. The lowest BCUT2D eigenvalue weighted by atomic mass is 10.00. The van der Waals surface area contributed by atoms with Crippen LogP contribution in [0.15, 0.2) is 48.5 Å². The van der Waals surface area contributed by atoms with Gasteiger partial charge in [-0.1, -0.05) is 63.9 Å². The number of hydrogen-bond acceptors (Lipinski definition) is 5. The molecule has 7 heteroatoms. The molecule has 1 saturated heterocycles. The van der Waals surface area contributed by atoms with Crippen LogP contribution in [0.2, 0.25) is 0 Å². The molecule has 38 heavy (non-hydrogen) atoms. The van der Waals surface area contributed by atoms with Crippen LogP contribution in [0.1, 0.15) is 81.6 Å². The molecule has 0 spiro atoms. The Balaban J connectivity index is 1.81. The number of nitrogens with one attached hydrogen (secondary N) is 2. The van der Waals surface area contributed by atoms with Crippen molar-refractivity contribution in [3.63, 3.8) is 0 Å². The highest BCUT2D eigenvalue weighted by atomic mass is 16.5. The smallest absolute Gasteiger partial charge is 0.251 e. The van der Waals surface area contributed by atoms with E-state index in [0.29, 0.717) is 55.6 Å². The van der Waals surface area contributed by atoms with Crippen molar-refractivity contribution in [3.05, 3.63) is 59.7 Å². The standard InChI is InChI=1S/C31H45N3O4/c1-4-7-11-17-38-27-20-24(19-26(21-27)34-16-12-15-30(34)36)31(37)33-28(18-23-13-9-8-10-14-23)29(35)22-32-25(5-2)6-3/h8-10,13-14,19-21,25,28-29,32,35H,4-7,11-12,15-18,22H2,1-3H3,(H,33,37)/t28-,29-/m0/s1. The number of nitrogens with zero attached hydrogens (tertiary/aromatic N) is 1. The largest absolute Gasteiger partial charge is 0.493 e. The van der Waals surface area contributed by atoms with Gasteiger partial charge in [-0.3, -0.25) is 9.59 Å². The van der Waals surface area contributed by atoms with Gasteiger partial charge in [0.25, 0.3) is 5.91 Å². The number of aliphatic hydroxyl groups excluding tert-OH is 1. The van der Waals surface area contributed by atoms with Crippen molar-refractivity contribution >= 4 is 17.5 Å². The van der Waals surface area contributed by atoms with Gasteiger partial charge in [0, 0.05) is 42.9 Å². The van der Waals surface area contributed by atoms with E-state index in [2.05, 4.69) is 31.4 Å². The third-order valence-corrected chi connectivity index (χ3v) is 7.24. The zero-order chi connectivity index (χ0) is 27.3. The number of benzene rings is 2. The Morgan fingerprint density at radius 1 is 1.08 bits per heavy atom. The minimum Gasteiger partial charge on any atom is -0.493 e. The van der Waals surface area contributed by atoms with Crippen molar-refractivity contribution in [2.75, 3.05) is 24.6 Å². The highest BCUT2D eigenvalue weighted by Gasteiger charge is 2.26. The predicted octanol–water partition coefficient (Wildman–Crippen LogP) is 4.86. The second-order valence-electron chi connectivity index (χ2n) is 10.2. The maximum absolute atomic E-state index is 13.6. The maximum Gasteiger partial charge on any atom is 0.251 e. The van der Waals surface area contributed by atoms with Gasteiger partial charge < -0.3 is 25.4 Å². The number of carbonyl (C=O) groups is 2. The molecule has 0 aliphatic carbocycles. The number of carbonyl (C=O) groups excluding carboxylic acids is 2. The van der Waals surface area contributed by atoms with Gasteiger partial charge in [-0.2, -0.15) is 0 Å². The molecule has 0 unspecified atom stereocenters. The molecule has 0 aromatic heterocycles. The number of hydrogen-bond donors (Lipinski definition) is 3. The molecule has 0 saturated carbocycles. The Kier molecular flexibility index (Phi) is 12.1. The first kappa shape index (κ1) is 29.7. The minimum absolute atomic E-state index is 0.0596. The Hall–Kier alpha value is -2.90. The van der Waals surface area contributed by atoms with E-state index in [1.165, 1.54) is 0 Å². The summed E-state index contributed by atoms with van der Waals surface area (Å²) in [4.78, 5) is 27.8. The molecule has 1 aliphatic heterocycles. The lowest BCUT2D eigenvalue weighted by molar-refractivity contribution is -0.117. The molecule has 1 fully saturated rings. The summed E-state index contributed by atoms with van der Waals surface area (Å²) >= 11 is 0. The van der Waals surface area contributed by atoms with E-state index in [1.807, 2.05) is 36.4 Å². The van der Waals surface area contributed by atoms with Crippen LogP contribution < -0.4 is 20.3 Å². The molecule has 2 atom stereocenters. The zero-order valence-corrected chi connectivity index (χ0v) is 23.2. The molecule has 3 rings (SSSR count). The zero-order valence-electron chi connectivity index (χ0n) is 23.2. The fourth-order valence-electron chi connectivity index (χ4n) is 4.83. The number of amides is 2. The first-order chi connectivity index (χ1) is 18.4. The summed E-state index contributed by atoms with van der Waals surface area (Å²) in [7, 11) is 0. The quantitative estimate of drug-likeness (QED) is 0.273. The lowest BCUT2D eigenvalue weighted by Gasteiger charge is -2.27. The normalized spacial score (nSPS) is 15.1. The summed E-state index contributed by atoms with van der Waals surface area (Å²) in [5.41, 5.74) is 2.14. The van der Waals surface area contributed by atoms with Crippen LogP contribution in [-0.4, -0.2) is 54.8 Å². The number of anilines is 1. The molecule has 2 aromatic carbocycles. The van der Waals surface area contributed by atoms with E-state index in [0.717, 1.165) is 44.1 Å². The van der Waals surface area contributed by atoms with Crippen molar-refractivity contribution in [1.29, 1.82) is 0 Å². The number of ether oxygens (including phenoxy) is 1. The van der Waals surface area contributed by atoms with Crippen molar-refractivity contribution < 1.29 is 19.4 Å². The highest BCUT2D eigenvalue weighted by molar-refractivity contribution is 5.99. The number of aliphatic hydroxyl groups is 1. The van der Waals surface area contributed by atoms with Gasteiger partial charge in [-0.25, -0.2) is 0 Å². The third-order valence-electron chi connectivity index (χ3n) is 7.24. The van der Waals surface area contributed by atoms with Crippen LogP contribution in [0.25, 0.3) is 0 Å². The molecular weight excluding hydrogens is 478 g/mol. The first-order valence-corrected chi connectivity index (χ1v) is 14.3. The molecule has 7 nitrogen and oxygen atoms in total. The van der Waals surface area contributed by atoms with Crippen LogP contribution in [0.3, 0.4) is 0 Å². The Labute approximate surface area is 228 Å². The average Bonchev–Trinajstić information content (AvgIpc) is 3.37. The Morgan fingerprint density at radius 3 is 2.50 bits per heavy atom. The minimum atomic E-state index is -0.770. The van der Waals surface area contributed by atoms with Gasteiger partial charge in [0.05, 0.1) is 18.8 Å².